The highest BCUT2D eigenvalue weighted by Crippen LogP contribution is 2.37. The predicted molar refractivity (Wildman–Crippen MR) is 71.3 cm³/mol. The smallest absolute Gasteiger partial charge is 0.0831 e. The Kier molecular flexibility index (Phi) is 6.45. The van der Waals surface area contributed by atoms with Gasteiger partial charge in [0.15, 0.2) is 0 Å². The van der Waals surface area contributed by atoms with Crippen LogP contribution in [0.5, 0.6) is 0 Å². The van der Waals surface area contributed by atoms with E-state index in [-0.39, 0.29) is 5.60 Å². The van der Waals surface area contributed by atoms with Crippen LogP contribution in [-0.4, -0.2) is 39.5 Å². The van der Waals surface area contributed by atoms with Crippen molar-refractivity contribution in [1.29, 1.82) is 0 Å². The second-order valence-electron chi connectivity index (χ2n) is 5.43. The first-order valence-electron chi connectivity index (χ1n) is 6.90. The van der Waals surface area contributed by atoms with Crippen LogP contribution in [0.2, 0.25) is 0 Å². The molecule has 102 valence electrons. The van der Waals surface area contributed by atoms with Crippen LogP contribution in [0.3, 0.4) is 0 Å². The third kappa shape index (κ3) is 3.94. The molecular weight excluding hydrogens is 214 g/mol. The quantitative estimate of drug-likeness (QED) is 0.697. The lowest BCUT2D eigenvalue weighted by atomic mass is 9.74. The van der Waals surface area contributed by atoms with E-state index in [2.05, 4.69) is 19.3 Å². The Morgan fingerprint density at radius 3 is 2.41 bits per heavy atom. The van der Waals surface area contributed by atoms with Crippen LogP contribution in [0, 0.1) is 5.92 Å². The van der Waals surface area contributed by atoms with Gasteiger partial charge in [-0.05, 0) is 51.5 Å². The third-order valence-electron chi connectivity index (χ3n) is 4.35. The normalized spacial score (nSPS) is 31.4. The molecule has 0 aliphatic heterocycles. The minimum atomic E-state index is 0.0506. The molecule has 1 saturated carbocycles. The van der Waals surface area contributed by atoms with Gasteiger partial charge in [0.25, 0.3) is 0 Å². The van der Waals surface area contributed by atoms with Crippen molar-refractivity contribution < 1.29 is 9.47 Å². The highest BCUT2D eigenvalue weighted by molar-refractivity contribution is 4.95. The summed E-state index contributed by atoms with van der Waals surface area (Å²) < 4.78 is 11.0. The summed E-state index contributed by atoms with van der Waals surface area (Å²) in [5.74, 6) is 0.856. The average Bonchev–Trinajstić information content (AvgIpc) is 2.37. The second kappa shape index (κ2) is 7.34. The molecule has 1 fully saturated rings. The van der Waals surface area contributed by atoms with Crippen molar-refractivity contribution in [2.75, 3.05) is 27.9 Å². The molecule has 0 bridgehead atoms. The lowest BCUT2D eigenvalue weighted by Crippen LogP contribution is -2.52. The van der Waals surface area contributed by atoms with Crippen LogP contribution >= 0.6 is 0 Å². The SMILES string of the molecule is CNC(CCCOC)C1(OC)CCC(C)CC1. The molecule has 1 rings (SSSR count). The lowest BCUT2D eigenvalue weighted by Gasteiger charge is -2.44. The van der Waals surface area contributed by atoms with Crippen molar-refractivity contribution in [3.05, 3.63) is 0 Å². The zero-order valence-corrected chi connectivity index (χ0v) is 11.9. The molecule has 1 atom stereocenters. The van der Waals surface area contributed by atoms with E-state index < -0.39 is 0 Å². The summed E-state index contributed by atoms with van der Waals surface area (Å²) in [6.45, 7) is 3.19. The Morgan fingerprint density at radius 2 is 1.94 bits per heavy atom. The molecule has 1 N–H and O–H groups in total. The van der Waals surface area contributed by atoms with Crippen molar-refractivity contribution in [1.82, 2.24) is 5.32 Å². The summed E-state index contributed by atoms with van der Waals surface area (Å²) in [5, 5.41) is 3.46. The van der Waals surface area contributed by atoms with Crippen molar-refractivity contribution in [3.63, 3.8) is 0 Å². The molecular formula is C14H29NO2. The molecule has 17 heavy (non-hydrogen) atoms. The summed E-state index contributed by atoms with van der Waals surface area (Å²) in [4.78, 5) is 0. The molecule has 0 saturated heterocycles. The number of methoxy groups -OCH3 is 2. The Hall–Kier alpha value is -0.120. The molecule has 1 aliphatic rings. The topological polar surface area (TPSA) is 30.5 Å². The Morgan fingerprint density at radius 1 is 1.29 bits per heavy atom. The Labute approximate surface area is 106 Å². The van der Waals surface area contributed by atoms with E-state index in [0.717, 1.165) is 25.4 Å². The summed E-state index contributed by atoms with van der Waals surface area (Å²) in [5.41, 5.74) is 0.0506. The van der Waals surface area contributed by atoms with E-state index in [9.17, 15) is 0 Å². The standard InChI is InChI=1S/C14H29NO2/c1-12-7-9-14(17-4,10-8-12)13(15-2)6-5-11-16-3/h12-13,15H,5-11H2,1-4H3. The van der Waals surface area contributed by atoms with Gasteiger partial charge in [0.2, 0.25) is 0 Å². The third-order valence-corrected chi connectivity index (χ3v) is 4.35. The largest absolute Gasteiger partial charge is 0.385 e. The molecule has 0 amide bonds. The maximum Gasteiger partial charge on any atom is 0.0831 e. The van der Waals surface area contributed by atoms with Crippen molar-refractivity contribution in [2.24, 2.45) is 5.92 Å². The number of ether oxygens (including phenoxy) is 2. The summed E-state index contributed by atoms with van der Waals surface area (Å²) >= 11 is 0. The van der Waals surface area contributed by atoms with Gasteiger partial charge in [-0.3, -0.25) is 0 Å². The molecule has 1 unspecified atom stereocenters. The second-order valence-corrected chi connectivity index (χ2v) is 5.43. The van der Waals surface area contributed by atoms with Gasteiger partial charge in [0, 0.05) is 26.9 Å². The maximum absolute atomic E-state index is 5.91. The van der Waals surface area contributed by atoms with Gasteiger partial charge in [-0.25, -0.2) is 0 Å². The van der Waals surface area contributed by atoms with Crippen LogP contribution in [-0.2, 0) is 9.47 Å². The van der Waals surface area contributed by atoms with Gasteiger partial charge < -0.3 is 14.8 Å². The minimum Gasteiger partial charge on any atom is -0.385 e. The molecule has 3 nitrogen and oxygen atoms in total. The van der Waals surface area contributed by atoms with Gasteiger partial charge in [0.05, 0.1) is 5.60 Å². The molecule has 0 aromatic carbocycles. The minimum absolute atomic E-state index is 0.0506. The fourth-order valence-corrected chi connectivity index (χ4v) is 3.05. The lowest BCUT2D eigenvalue weighted by molar-refractivity contribution is -0.0760. The van der Waals surface area contributed by atoms with E-state index in [1.165, 1.54) is 25.7 Å². The predicted octanol–water partition coefficient (Wildman–Crippen LogP) is 2.60. The molecule has 3 heteroatoms. The van der Waals surface area contributed by atoms with Crippen LogP contribution < -0.4 is 5.32 Å². The van der Waals surface area contributed by atoms with Crippen LogP contribution in [0.4, 0.5) is 0 Å². The molecule has 0 spiro atoms. The molecule has 0 heterocycles. The number of rotatable bonds is 7. The van der Waals surface area contributed by atoms with Crippen molar-refractivity contribution in [2.45, 2.75) is 57.1 Å². The first-order valence-corrected chi connectivity index (χ1v) is 6.90. The van der Waals surface area contributed by atoms with E-state index in [1.54, 1.807) is 7.11 Å². The number of likely N-dealkylation sites (N-methyl/N-ethyl adjacent to an activating group) is 1. The monoisotopic (exact) mass is 243 g/mol. The number of hydrogen-bond donors (Lipinski definition) is 1. The van der Waals surface area contributed by atoms with Gasteiger partial charge in [-0.15, -0.1) is 0 Å². The van der Waals surface area contributed by atoms with Gasteiger partial charge in [-0.2, -0.15) is 0 Å². The van der Waals surface area contributed by atoms with Crippen LogP contribution in [0.25, 0.3) is 0 Å². The highest BCUT2D eigenvalue weighted by atomic mass is 16.5. The Balaban J connectivity index is 2.55. The van der Waals surface area contributed by atoms with Gasteiger partial charge >= 0.3 is 0 Å². The summed E-state index contributed by atoms with van der Waals surface area (Å²) in [6.07, 6.45) is 7.17. The first kappa shape index (κ1) is 14.9. The molecule has 1 aliphatic carbocycles. The van der Waals surface area contributed by atoms with E-state index >= 15 is 0 Å². The van der Waals surface area contributed by atoms with Crippen LogP contribution in [0.15, 0.2) is 0 Å². The zero-order valence-electron chi connectivity index (χ0n) is 11.9. The van der Waals surface area contributed by atoms with Crippen molar-refractivity contribution in [3.8, 4) is 0 Å². The Bertz CT molecular complexity index is 200. The van der Waals surface area contributed by atoms with E-state index in [0.29, 0.717) is 6.04 Å². The highest BCUT2D eigenvalue weighted by Gasteiger charge is 2.40. The van der Waals surface area contributed by atoms with Crippen molar-refractivity contribution >= 4 is 0 Å². The average molecular weight is 243 g/mol. The summed E-state index contributed by atoms with van der Waals surface area (Å²) in [6, 6.07) is 0.454. The van der Waals surface area contributed by atoms with E-state index in [1.807, 2.05) is 7.11 Å². The van der Waals surface area contributed by atoms with Gasteiger partial charge in [-0.1, -0.05) is 6.92 Å². The number of hydrogen-bond acceptors (Lipinski definition) is 3. The van der Waals surface area contributed by atoms with E-state index in [4.69, 9.17) is 9.47 Å². The summed E-state index contributed by atoms with van der Waals surface area (Å²) in [7, 11) is 5.69. The zero-order chi connectivity index (χ0) is 12.7. The fraction of sp³-hybridized carbons (Fsp3) is 1.00. The maximum atomic E-state index is 5.91. The first-order chi connectivity index (χ1) is 8.18. The van der Waals surface area contributed by atoms with Crippen LogP contribution in [0.1, 0.15) is 45.4 Å². The molecule has 0 aromatic rings. The molecule has 0 radical (unpaired) electrons. The fourth-order valence-electron chi connectivity index (χ4n) is 3.05. The molecule has 0 aromatic heterocycles. The number of nitrogens with one attached hydrogen (secondary N) is 1. The van der Waals surface area contributed by atoms with Gasteiger partial charge in [0.1, 0.15) is 0 Å².